The molecule has 0 aromatic heterocycles. The lowest BCUT2D eigenvalue weighted by Gasteiger charge is -2.21. The Labute approximate surface area is 123 Å². The van der Waals surface area contributed by atoms with Crippen LogP contribution in [-0.4, -0.2) is 5.91 Å². The second-order valence-electron chi connectivity index (χ2n) is 7.08. The summed E-state index contributed by atoms with van der Waals surface area (Å²) in [5, 5.41) is 3.16. The maximum Gasteiger partial charge on any atom is 0.223 e. The number of hydrogen-bond donors (Lipinski definition) is 1. The maximum absolute atomic E-state index is 12.1. The van der Waals surface area contributed by atoms with Gasteiger partial charge in [0, 0.05) is 5.92 Å². The predicted octanol–water partition coefficient (Wildman–Crippen LogP) is 4.35. The summed E-state index contributed by atoms with van der Waals surface area (Å²) in [7, 11) is 0. The zero-order valence-corrected chi connectivity index (χ0v) is 13.2. The van der Waals surface area contributed by atoms with E-state index >= 15 is 0 Å². The summed E-state index contributed by atoms with van der Waals surface area (Å²) in [5.41, 5.74) is 2.69. The van der Waals surface area contributed by atoms with E-state index in [4.69, 9.17) is 0 Å². The second-order valence-corrected chi connectivity index (χ2v) is 7.08. The van der Waals surface area contributed by atoms with Crippen LogP contribution in [0.3, 0.4) is 0 Å². The Morgan fingerprint density at radius 1 is 1.15 bits per heavy atom. The van der Waals surface area contributed by atoms with Gasteiger partial charge in [-0.15, -0.1) is 0 Å². The van der Waals surface area contributed by atoms with E-state index in [1.165, 1.54) is 24.0 Å². The molecule has 1 aliphatic rings. The van der Waals surface area contributed by atoms with Crippen molar-refractivity contribution in [2.24, 2.45) is 5.92 Å². The molecule has 0 heterocycles. The van der Waals surface area contributed by atoms with E-state index in [0.717, 1.165) is 12.8 Å². The van der Waals surface area contributed by atoms with Gasteiger partial charge >= 0.3 is 0 Å². The highest BCUT2D eigenvalue weighted by molar-refractivity contribution is 5.79. The lowest BCUT2D eigenvalue weighted by atomic mass is 9.86. The Morgan fingerprint density at radius 2 is 1.70 bits per heavy atom. The Balaban J connectivity index is 1.98. The molecule has 0 spiro atoms. The third-order valence-corrected chi connectivity index (χ3v) is 4.36. The first-order valence-electron chi connectivity index (χ1n) is 7.79. The molecule has 110 valence electrons. The van der Waals surface area contributed by atoms with Gasteiger partial charge in [0.15, 0.2) is 0 Å². The molecule has 0 aliphatic heterocycles. The van der Waals surface area contributed by atoms with Crippen molar-refractivity contribution in [2.45, 2.75) is 64.8 Å². The summed E-state index contributed by atoms with van der Waals surface area (Å²) in [6, 6.07) is 8.72. The molecule has 1 N–H and O–H groups in total. The molecule has 1 aromatic rings. The monoisotopic (exact) mass is 273 g/mol. The fourth-order valence-corrected chi connectivity index (χ4v) is 2.87. The summed E-state index contributed by atoms with van der Waals surface area (Å²) in [6.07, 6.45) is 4.52. The van der Waals surface area contributed by atoms with Crippen molar-refractivity contribution in [3.63, 3.8) is 0 Å². The van der Waals surface area contributed by atoms with Crippen LogP contribution in [0.25, 0.3) is 0 Å². The van der Waals surface area contributed by atoms with E-state index in [-0.39, 0.29) is 23.3 Å². The minimum Gasteiger partial charge on any atom is -0.349 e. The molecule has 1 amide bonds. The van der Waals surface area contributed by atoms with Gasteiger partial charge in [-0.05, 0) is 36.3 Å². The molecule has 0 bridgehead atoms. The van der Waals surface area contributed by atoms with Crippen molar-refractivity contribution in [3.8, 4) is 0 Å². The van der Waals surface area contributed by atoms with Gasteiger partial charge in [0.05, 0.1) is 6.04 Å². The van der Waals surface area contributed by atoms with E-state index in [0.29, 0.717) is 0 Å². The van der Waals surface area contributed by atoms with Crippen molar-refractivity contribution in [1.82, 2.24) is 5.32 Å². The van der Waals surface area contributed by atoms with Crippen LogP contribution in [0.5, 0.6) is 0 Å². The average Bonchev–Trinajstić information content (AvgIpc) is 2.91. The zero-order valence-electron chi connectivity index (χ0n) is 13.2. The quantitative estimate of drug-likeness (QED) is 0.871. The Morgan fingerprint density at radius 3 is 2.20 bits per heavy atom. The van der Waals surface area contributed by atoms with Gasteiger partial charge in [0.25, 0.3) is 0 Å². The topological polar surface area (TPSA) is 29.1 Å². The smallest absolute Gasteiger partial charge is 0.223 e. The van der Waals surface area contributed by atoms with E-state index in [9.17, 15) is 4.79 Å². The van der Waals surface area contributed by atoms with Crippen molar-refractivity contribution in [3.05, 3.63) is 35.4 Å². The number of nitrogens with one attached hydrogen (secondary N) is 1. The Bertz CT molecular complexity index is 449. The molecule has 1 unspecified atom stereocenters. The van der Waals surface area contributed by atoms with Crippen LogP contribution in [0.1, 0.15) is 70.5 Å². The van der Waals surface area contributed by atoms with Crippen LogP contribution in [0.4, 0.5) is 0 Å². The third-order valence-electron chi connectivity index (χ3n) is 4.36. The standard InChI is InChI=1S/C18H27NO/c1-13(19-17(20)15-7-5-6-8-15)14-9-11-16(12-10-14)18(2,3)4/h9-13,15H,5-8H2,1-4H3,(H,19,20). The van der Waals surface area contributed by atoms with E-state index in [1.54, 1.807) is 0 Å². The van der Waals surface area contributed by atoms with Crippen molar-refractivity contribution in [2.75, 3.05) is 0 Å². The number of carbonyl (C=O) groups excluding carboxylic acids is 1. The Hall–Kier alpha value is -1.31. The van der Waals surface area contributed by atoms with Crippen molar-refractivity contribution in [1.29, 1.82) is 0 Å². The largest absolute Gasteiger partial charge is 0.349 e. The van der Waals surface area contributed by atoms with Gasteiger partial charge < -0.3 is 5.32 Å². The fraction of sp³-hybridized carbons (Fsp3) is 0.611. The third kappa shape index (κ3) is 3.62. The predicted molar refractivity (Wildman–Crippen MR) is 83.7 cm³/mol. The highest BCUT2D eigenvalue weighted by Gasteiger charge is 2.24. The van der Waals surface area contributed by atoms with Crippen molar-refractivity contribution >= 4 is 5.91 Å². The summed E-state index contributed by atoms with van der Waals surface area (Å²) < 4.78 is 0. The molecule has 2 rings (SSSR count). The van der Waals surface area contributed by atoms with Crippen LogP contribution in [0.15, 0.2) is 24.3 Å². The van der Waals surface area contributed by atoms with Crippen LogP contribution in [-0.2, 0) is 10.2 Å². The van der Waals surface area contributed by atoms with Crippen molar-refractivity contribution < 1.29 is 4.79 Å². The number of rotatable bonds is 3. The number of benzene rings is 1. The molecule has 1 fully saturated rings. The summed E-state index contributed by atoms with van der Waals surface area (Å²) in [6.45, 7) is 8.72. The van der Waals surface area contributed by atoms with E-state index in [2.05, 4.69) is 57.3 Å². The molecule has 0 radical (unpaired) electrons. The normalized spacial score (nSPS) is 18.0. The summed E-state index contributed by atoms with van der Waals surface area (Å²) in [5.74, 6) is 0.473. The van der Waals surface area contributed by atoms with E-state index < -0.39 is 0 Å². The first kappa shape index (κ1) is 15.1. The lowest BCUT2D eigenvalue weighted by molar-refractivity contribution is -0.125. The van der Waals surface area contributed by atoms with Crippen LogP contribution in [0, 0.1) is 5.92 Å². The molecule has 0 saturated heterocycles. The Kier molecular flexibility index (Phi) is 4.52. The SMILES string of the molecule is CC(NC(=O)C1CCCC1)c1ccc(C(C)(C)C)cc1. The van der Waals surface area contributed by atoms with Gasteiger partial charge in [-0.25, -0.2) is 0 Å². The summed E-state index contributed by atoms with van der Waals surface area (Å²) in [4.78, 5) is 12.1. The molecule has 2 nitrogen and oxygen atoms in total. The lowest BCUT2D eigenvalue weighted by Crippen LogP contribution is -2.31. The average molecular weight is 273 g/mol. The summed E-state index contributed by atoms with van der Waals surface area (Å²) >= 11 is 0. The van der Waals surface area contributed by atoms with Crippen LogP contribution >= 0.6 is 0 Å². The van der Waals surface area contributed by atoms with Crippen LogP contribution < -0.4 is 5.32 Å². The van der Waals surface area contributed by atoms with Crippen LogP contribution in [0.2, 0.25) is 0 Å². The highest BCUT2D eigenvalue weighted by Crippen LogP contribution is 2.27. The molecule has 1 aromatic carbocycles. The molecule has 1 aliphatic carbocycles. The molecule has 2 heteroatoms. The number of hydrogen-bond acceptors (Lipinski definition) is 1. The first-order chi connectivity index (χ1) is 9.38. The maximum atomic E-state index is 12.1. The molecule has 20 heavy (non-hydrogen) atoms. The number of amides is 1. The van der Waals surface area contributed by atoms with Gasteiger partial charge in [0.2, 0.25) is 5.91 Å². The van der Waals surface area contributed by atoms with Gasteiger partial charge in [-0.2, -0.15) is 0 Å². The van der Waals surface area contributed by atoms with E-state index in [1.807, 2.05) is 0 Å². The molecular weight excluding hydrogens is 246 g/mol. The number of carbonyl (C=O) groups is 1. The molecule has 1 saturated carbocycles. The van der Waals surface area contributed by atoms with Gasteiger partial charge in [0.1, 0.15) is 0 Å². The minimum absolute atomic E-state index is 0.0946. The van der Waals surface area contributed by atoms with Gasteiger partial charge in [-0.3, -0.25) is 4.79 Å². The zero-order chi connectivity index (χ0) is 14.8. The first-order valence-corrected chi connectivity index (χ1v) is 7.79. The minimum atomic E-state index is 0.0946. The highest BCUT2D eigenvalue weighted by atomic mass is 16.1. The fourth-order valence-electron chi connectivity index (χ4n) is 2.87. The molecular formula is C18H27NO. The second kappa shape index (κ2) is 5.99. The van der Waals surface area contributed by atoms with Gasteiger partial charge in [-0.1, -0.05) is 57.9 Å². The molecule has 1 atom stereocenters.